The highest BCUT2D eigenvalue weighted by Gasteiger charge is 2.36. The fourth-order valence-corrected chi connectivity index (χ4v) is 3.51. The van der Waals surface area contributed by atoms with Crippen LogP contribution in [0.25, 0.3) is 0 Å². The molecule has 1 aliphatic heterocycles. The van der Waals surface area contributed by atoms with Gasteiger partial charge in [0, 0.05) is 18.3 Å². The smallest absolute Gasteiger partial charge is 0.276 e. The van der Waals surface area contributed by atoms with Crippen LogP contribution in [-0.4, -0.2) is 41.0 Å². The van der Waals surface area contributed by atoms with E-state index in [0.717, 1.165) is 16.8 Å². The lowest BCUT2D eigenvalue weighted by Gasteiger charge is -2.41. The molecule has 1 aliphatic rings. The third-order valence-electron chi connectivity index (χ3n) is 5.02. The Kier molecular flexibility index (Phi) is 4.93. The van der Waals surface area contributed by atoms with Crippen LogP contribution >= 0.6 is 0 Å². The Morgan fingerprint density at radius 2 is 1.86 bits per heavy atom. The first kappa shape index (κ1) is 18.0. The van der Waals surface area contributed by atoms with Gasteiger partial charge in [0.2, 0.25) is 5.91 Å². The molecule has 4 rings (SSSR count). The largest absolute Gasteiger partial charge is 0.364 e. The number of aromatic nitrogens is 1. The van der Waals surface area contributed by atoms with Crippen molar-refractivity contribution >= 4 is 17.5 Å². The third kappa shape index (κ3) is 3.67. The van der Waals surface area contributed by atoms with E-state index in [-0.39, 0.29) is 30.1 Å². The fourth-order valence-electron chi connectivity index (χ4n) is 3.51. The molecule has 0 N–H and O–H groups in total. The lowest BCUT2D eigenvalue weighted by atomic mass is 10.0. The minimum absolute atomic E-state index is 0.0110. The van der Waals surface area contributed by atoms with E-state index in [4.69, 9.17) is 4.52 Å². The van der Waals surface area contributed by atoms with Crippen LogP contribution in [0.4, 0.5) is 5.69 Å². The summed E-state index contributed by atoms with van der Waals surface area (Å²) in [5.41, 5.74) is 3.32. The molecule has 0 radical (unpaired) electrons. The van der Waals surface area contributed by atoms with Crippen molar-refractivity contribution in [3.8, 4) is 0 Å². The predicted molar refractivity (Wildman–Crippen MR) is 105 cm³/mol. The molecule has 0 unspecified atom stereocenters. The number of carbonyl (C=O) groups is 2. The van der Waals surface area contributed by atoms with Gasteiger partial charge in [-0.15, -0.1) is 0 Å². The number of anilines is 1. The molecule has 6 nitrogen and oxygen atoms in total. The number of piperazine rings is 1. The van der Waals surface area contributed by atoms with Gasteiger partial charge in [0.05, 0.1) is 6.04 Å². The molecular formula is C22H21N3O3. The highest BCUT2D eigenvalue weighted by molar-refractivity contribution is 6.01. The summed E-state index contributed by atoms with van der Waals surface area (Å²) in [6.07, 6.45) is 2.02. The number of benzene rings is 2. The summed E-state index contributed by atoms with van der Waals surface area (Å²) in [4.78, 5) is 29.2. The van der Waals surface area contributed by atoms with Crippen molar-refractivity contribution < 1.29 is 14.1 Å². The van der Waals surface area contributed by atoms with E-state index in [0.29, 0.717) is 13.0 Å². The molecule has 28 heavy (non-hydrogen) atoms. The predicted octanol–water partition coefficient (Wildman–Crippen LogP) is 3.08. The molecule has 1 aromatic heterocycles. The Balaban J connectivity index is 1.63. The first-order valence-electron chi connectivity index (χ1n) is 9.24. The summed E-state index contributed by atoms with van der Waals surface area (Å²) in [6, 6.07) is 19.2. The van der Waals surface area contributed by atoms with Crippen LogP contribution < -0.4 is 4.90 Å². The monoisotopic (exact) mass is 375 g/mol. The van der Waals surface area contributed by atoms with Crippen LogP contribution in [0.5, 0.6) is 0 Å². The number of nitrogens with zero attached hydrogens (tertiary/aromatic N) is 3. The molecule has 1 saturated heterocycles. The van der Waals surface area contributed by atoms with Crippen LogP contribution in [0.2, 0.25) is 0 Å². The number of hydrogen-bond donors (Lipinski definition) is 0. The van der Waals surface area contributed by atoms with Crippen molar-refractivity contribution in [3.05, 3.63) is 83.7 Å². The second-order valence-corrected chi connectivity index (χ2v) is 7.00. The van der Waals surface area contributed by atoms with Crippen LogP contribution in [0, 0.1) is 6.92 Å². The highest BCUT2D eigenvalue weighted by atomic mass is 16.5. The standard InChI is InChI=1S/C22H21N3O3/c1-16-7-9-18(10-8-16)24-14-19(13-17-5-3-2-4-6-17)25(15-21(24)26)22(27)20-11-12-28-23-20/h2-12,19H,13-15H2,1H3/t19-/m0/s1. The normalized spacial score (nSPS) is 17.0. The number of hydrogen-bond acceptors (Lipinski definition) is 4. The molecule has 6 heteroatoms. The van der Waals surface area contributed by atoms with Gasteiger partial charge in [-0.2, -0.15) is 0 Å². The lowest BCUT2D eigenvalue weighted by molar-refractivity contribution is -0.121. The van der Waals surface area contributed by atoms with E-state index in [1.807, 2.05) is 61.5 Å². The minimum atomic E-state index is -0.286. The fraction of sp³-hybridized carbons (Fsp3) is 0.227. The summed E-state index contributed by atoms with van der Waals surface area (Å²) in [7, 11) is 0. The Morgan fingerprint density at radius 1 is 1.11 bits per heavy atom. The summed E-state index contributed by atoms with van der Waals surface area (Å²) in [6.45, 7) is 2.45. The molecule has 2 amide bonds. The van der Waals surface area contributed by atoms with Crippen LogP contribution in [0.15, 0.2) is 71.4 Å². The third-order valence-corrected chi connectivity index (χ3v) is 5.02. The number of rotatable bonds is 4. The van der Waals surface area contributed by atoms with Gasteiger partial charge in [0.25, 0.3) is 5.91 Å². The van der Waals surface area contributed by atoms with Gasteiger partial charge in [-0.05, 0) is 31.0 Å². The average Bonchev–Trinajstić information content (AvgIpc) is 3.25. The van der Waals surface area contributed by atoms with Gasteiger partial charge in [0.1, 0.15) is 12.8 Å². The molecule has 142 valence electrons. The Labute approximate surface area is 163 Å². The van der Waals surface area contributed by atoms with Crippen molar-refractivity contribution in [3.63, 3.8) is 0 Å². The van der Waals surface area contributed by atoms with Gasteiger partial charge in [0.15, 0.2) is 5.69 Å². The summed E-state index contributed by atoms with van der Waals surface area (Å²) >= 11 is 0. The molecule has 0 spiro atoms. The van der Waals surface area contributed by atoms with Crippen LogP contribution in [0.1, 0.15) is 21.6 Å². The first-order chi connectivity index (χ1) is 13.6. The van der Waals surface area contributed by atoms with Crippen molar-refractivity contribution in [1.82, 2.24) is 10.1 Å². The van der Waals surface area contributed by atoms with Crippen LogP contribution in [-0.2, 0) is 11.2 Å². The van der Waals surface area contributed by atoms with E-state index in [2.05, 4.69) is 5.16 Å². The summed E-state index contributed by atoms with van der Waals surface area (Å²) < 4.78 is 4.82. The lowest BCUT2D eigenvalue weighted by Crippen LogP contribution is -2.59. The SMILES string of the molecule is Cc1ccc(N2C[C@H](Cc3ccccc3)N(C(=O)c3ccon3)CC2=O)cc1. The zero-order valence-electron chi connectivity index (χ0n) is 15.6. The number of carbonyl (C=O) groups excluding carboxylic acids is 2. The zero-order chi connectivity index (χ0) is 19.5. The minimum Gasteiger partial charge on any atom is -0.364 e. The first-order valence-corrected chi connectivity index (χ1v) is 9.24. The zero-order valence-corrected chi connectivity index (χ0v) is 15.6. The second-order valence-electron chi connectivity index (χ2n) is 7.00. The molecule has 1 fully saturated rings. The van der Waals surface area contributed by atoms with E-state index in [9.17, 15) is 9.59 Å². The topological polar surface area (TPSA) is 66.7 Å². The quantitative estimate of drug-likeness (QED) is 0.703. The van der Waals surface area contributed by atoms with E-state index in [1.54, 1.807) is 9.80 Å². The van der Waals surface area contributed by atoms with Gasteiger partial charge in [-0.25, -0.2) is 0 Å². The number of aryl methyl sites for hydroxylation is 1. The van der Waals surface area contributed by atoms with Crippen molar-refractivity contribution in [2.24, 2.45) is 0 Å². The molecule has 0 aliphatic carbocycles. The maximum Gasteiger partial charge on any atom is 0.276 e. The van der Waals surface area contributed by atoms with E-state index in [1.165, 1.54) is 12.3 Å². The average molecular weight is 375 g/mol. The Morgan fingerprint density at radius 3 is 2.54 bits per heavy atom. The van der Waals surface area contributed by atoms with Gasteiger partial charge >= 0.3 is 0 Å². The summed E-state index contributed by atoms with van der Waals surface area (Å²) in [5.74, 6) is -0.392. The second kappa shape index (κ2) is 7.68. The van der Waals surface area contributed by atoms with Crippen molar-refractivity contribution in [2.45, 2.75) is 19.4 Å². The van der Waals surface area contributed by atoms with Gasteiger partial charge < -0.3 is 14.3 Å². The number of amides is 2. The van der Waals surface area contributed by atoms with E-state index >= 15 is 0 Å². The molecule has 0 saturated carbocycles. The molecular weight excluding hydrogens is 354 g/mol. The molecule has 2 aromatic carbocycles. The van der Waals surface area contributed by atoms with Crippen molar-refractivity contribution in [1.29, 1.82) is 0 Å². The molecule has 0 bridgehead atoms. The Bertz CT molecular complexity index is 952. The Hall–Kier alpha value is -3.41. The maximum absolute atomic E-state index is 12.9. The highest BCUT2D eigenvalue weighted by Crippen LogP contribution is 2.24. The molecule has 1 atom stereocenters. The molecule has 3 aromatic rings. The van der Waals surface area contributed by atoms with E-state index < -0.39 is 0 Å². The van der Waals surface area contributed by atoms with Gasteiger partial charge in [-0.3, -0.25) is 9.59 Å². The maximum atomic E-state index is 12.9. The van der Waals surface area contributed by atoms with Crippen LogP contribution in [0.3, 0.4) is 0 Å². The van der Waals surface area contributed by atoms with Gasteiger partial charge in [-0.1, -0.05) is 53.2 Å². The molecule has 2 heterocycles. The summed E-state index contributed by atoms with van der Waals surface area (Å²) in [5, 5.41) is 3.75. The van der Waals surface area contributed by atoms with Crippen molar-refractivity contribution in [2.75, 3.05) is 18.0 Å².